The molecule has 1 aliphatic rings. The van der Waals surface area contributed by atoms with Gasteiger partial charge in [0, 0.05) is 42.7 Å². The molecule has 2 unspecified atom stereocenters. The number of carboxylic acid groups (broad SMARTS) is 1. The van der Waals surface area contributed by atoms with Crippen molar-refractivity contribution in [3.8, 4) is 0 Å². The Morgan fingerprint density at radius 2 is 1.81 bits per heavy atom. The number of halogens is 5. The summed E-state index contributed by atoms with van der Waals surface area (Å²) in [5.74, 6) is -2.59. The molecule has 2 atom stereocenters. The lowest BCUT2D eigenvalue weighted by molar-refractivity contribution is -0.140. The number of carbonyl (C=O) groups excluding carboxylic acids is 1. The number of likely N-dealkylation sites (tertiary alicyclic amines) is 1. The number of benzene rings is 2. The molecule has 0 saturated carbocycles. The summed E-state index contributed by atoms with van der Waals surface area (Å²) in [6.07, 6.45) is -5.74. The molecular formula is C21H19ClF4N2O3. The lowest BCUT2D eigenvalue weighted by Crippen LogP contribution is -2.51. The standard InChI is InChI=1S/C21H19ClF4N2O3/c1-27(19(29)13-4-7-17(23)16(10-13)21(24,25)26)18-8-9-28(20(30)31)11-15(18)12-2-5-14(22)6-3-12/h2-7,10,15,18H,8-9,11H2,1H3,(H,30,31). The molecule has 0 bridgehead atoms. The molecule has 1 heterocycles. The molecule has 31 heavy (non-hydrogen) atoms. The molecule has 0 aromatic heterocycles. The minimum Gasteiger partial charge on any atom is -0.465 e. The highest BCUT2D eigenvalue weighted by Gasteiger charge is 2.38. The highest BCUT2D eigenvalue weighted by atomic mass is 35.5. The third kappa shape index (κ3) is 4.92. The second kappa shape index (κ2) is 8.74. The van der Waals surface area contributed by atoms with Crippen molar-refractivity contribution in [1.29, 1.82) is 0 Å². The molecule has 10 heteroatoms. The van der Waals surface area contributed by atoms with Crippen LogP contribution in [0.1, 0.15) is 33.8 Å². The van der Waals surface area contributed by atoms with E-state index in [0.717, 1.165) is 11.6 Å². The number of alkyl halides is 3. The molecule has 1 N–H and O–H groups in total. The van der Waals surface area contributed by atoms with Crippen LogP contribution in [0.3, 0.4) is 0 Å². The van der Waals surface area contributed by atoms with Crippen molar-refractivity contribution in [1.82, 2.24) is 9.80 Å². The quantitative estimate of drug-likeness (QED) is 0.650. The smallest absolute Gasteiger partial charge is 0.419 e. The van der Waals surface area contributed by atoms with Gasteiger partial charge in [-0.05, 0) is 42.3 Å². The molecule has 2 aromatic rings. The average molecular weight is 459 g/mol. The zero-order valence-corrected chi connectivity index (χ0v) is 17.1. The summed E-state index contributed by atoms with van der Waals surface area (Å²) < 4.78 is 52.7. The van der Waals surface area contributed by atoms with Crippen LogP contribution >= 0.6 is 11.6 Å². The summed E-state index contributed by atoms with van der Waals surface area (Å²) in [6, 6.07) is 8.38. The van der Waals surface area contributed by atoms with Crippen molar-refractivity contribution in [2.24, 2.45) is 0 Å². The summed E-state index contributed by atoms with van der Waals surface area (Å²) in [7, 11) is 1.45. The van der Waals surface area contributed by atoms with E-state index in [1.54, 1.807) is 24.3 Å². The van der Waals surface area contributed by atoms with E-state index in [1.165, 1.54) is 16.8 Å². The molecule has 2 amide bonds. The molecule has 1 saturated heterocycles. The molecular weight excluding hydrogens is 440 g/mol. The molecule has 0 radical (unpaired) electrons. The van der Waals surface area contributed by atoms with E-state index in [2.05, 4.69) is 0 Å². The molecule has 2 aromatic carbocycles. The maximum atomic E-state index is 13.6. The Bertz CT molecular complexity index is 982. The Balaban J connectivity index is 1.92. The van der Waals surface area contributed by atoms with E-state index in [0.29, 0.717) is 17.2 Å². The predicted molar refractivity (Wildman–Crippen MR) is 106 cm³/mol. The van der Waals surface area contributed by atoms with Gasteiger partial charge in [0.05, 0.1) is 5.56 Å². The van der Waals surface area contributed by atoms with Crippen LogP contribution in [0.15, 0.2) is 42.5 Å². The molecule has 166 valence electrons. The van der Waals surface area contributed by atoms with Crippen LogP contribution in [0.5, 0.6) is 0 Å². The lowest BCUT2D eigenvalue weighted by atomic mass is 9.85. The molecule has 0 spiro atoms. The minimum absolute atomic E-state index is 0.108. The Morgan fingerprint density at radius 3 is 2.39 bits per heavy atom. The Hall–Kier alpha value is -2.81. The lowest BCUT2D eigenvalue weighted by Gasteiger charge is -2.42. The summed E-state index contributed by atoms with van der Waals surface area (Å²) >= 11 is 5.93. The van der Waals surface area contributed by atoms with Crippen LogP contribution in [0.2, 0.25) is 5.02 Å². The Morgan fingerprint density at radius 1 is 1.16 bits per heavy atom. The van der Waals surface area contributed by atoms with Gasteiger partial charge in [0.2, 0.25) is 0 Å². The van der Waals surface area contributed by atoms with Crippen molar-refractivity contribution >= 4 is 23.6 Å². The minimum atomic E-state index is -4.93. The highest BCUT2D eigenvalue weighted by molar-refractivity contribution is 6.30. The first kappa shape index (κ1) is 22.9. The third-order valence-corrected chi connectivity index (χ3v) is 5.73. The fourth-order valence-electron chi connectivity index (χ4n) is 3.84. The van der Waals surface area contributed by atoms with E-state index >= 15 is 0 Å². The summed E-state index contributed by atoms with van der Waals surface area (Å²) in [5.41, 5.74) is -1.07. The first-order valence-electron chi connectivity index (χ1n) is 9.36. The van der Waals surface area contributed by atoms with Gasteiger partial charge in [-0.3, -0.25) is 4.79 Å². The molecule has 1 aliphatic heterocycles. The number of likely N-dealkylation sites (N-methyl/N-ethyl adjacent to an activating group) is 1. The van der Waals surface area contributed by atoms with E-state index in [-0.39, 0.29) is 25.1 Å². The summed E-state index contributed by atoms with van der Waals surface area (Å²) in [5, 5.41) is 9.86. The van der Waals surface area contributed by atoms with Gasteiger partial charge in [0.25, 0.3) is 5.91 Å². The van der Waals surface area contributed by atoms with Gasteiger partial charge >= 0.3 is 12.3 Å². The summed E-state index contributed by atoms with van der Waals surface area (Å²) in [6.45, 7) is 0.273. The van der Waals surface area contributed by atoms with E-state index in [1.807, 2.05) is 0 Å². The first-order valence-corrected chi connectivity index (χ1v) is 9.74. The van der Waals surface area contributed by atoms with Gasteiger partial charge in [0.1, 0.15) is 5.82 Å². The average Bonchev–Trinajstić information content (AvgIpc) is 2.72. The van der Waals surface area contributed by atoms with Crippen LogP contribution in [0.4, 0.5) is 22.4 Å². The molecule has 1 fully saturated rings. The monoisotopic (exact) mass is 458 g/mol. The van der Waals surface area contributed by atoms with Crippen LogP contribution in [-0.2, 0) is 6.18 Å². The predicted octanol–water partition coefficient (Wildman–Crippen LogP) is 5.11. The fourth-order valence-corrected chi connectivity index (χ4v) is 3.97. The van der Waals surface area contributed by atoms with Crippen molar-refractivity contribution in [2.75, 3.05) is 20.1 Å². The topological polar surface area (TPSA) is 60.9 Å². The SMILES string of the molecule is CN(C(=O)c1ccc(F)c(C(F)(F)F)c1)C1CCN(C(=O)O)CC1c1ccc(Cl)cc1. The van der Waals surface area contributed by atoms with Gasteiger partial charge in [-0.2, -0.15) is 13.2 Å². The number of hydrogen-bond donors (Lipinski definition) is 1. The number of nitrogens with zero attached hydrogens (tertiary/aromatic N) is 2. The third-order valence-electron chi connectivity index (χ3n) is 5.48. The molecule has 5 nitrogen and oxygen atoms in total. The van der Waals surface area contributed by atoms with Gasteiger partial charge in [0.15, 0.2) is 0 Å². The number of amides is 2. The number of rotatable bonds is 3. The van der Waals surface area contributed by atoms with Gasteiger partial charge < -0.3 is 14.9 Å². The molecule has 3 rings (SSSR count). The van der Waals surface area contributed by atoms with Gasteiger partial charge in [-0.1, -0.05) is 23.7 Å². The number of carbonyl (C=O) groups is 2. The van der Waals surface area contributed by atoms with Gasteiger partial charge in [-0.15, -0.1) is 0 Å². The van der Waals surface area contributed by atoms with Crippen LogP contribution in [0.25, 0.3) is 0 Å². The van der Waals surface area contributed by atoms with E-state index < -0.39 is 41.5 Å². The van der Waals surface area contributed by atoms with Crippen LogP contribution in [0, 0.1) is 5.82 Å². The first-order chi connectivity index (χ1) is 14.5. The van der Waals surface area contributed by atoms with Crippen molar-refractivity contribution < 1.29 is 32.3 Å². The zero-order chi connectivity index (χ0) is 22.9. The number of hydrogen-bond acceptors (Lipinski definition) is 2. The molecule has 0 aliphatic carbocycles. The van der Waals surface area contributed by atoms with Gasteiger partial charge in [-0.25, -0.2) is 9.18 Å². The van der Waals surface area contributed by atoms with Crippen molar-refractivity contribution in [3.63, 3.8) is 0 Å². The maximum Gasteiger partial charge on any atom is 0.419 e. The van der Waals surface area contributed by atoms with Crippen molar-refractivity contribution in [2.45, 2.75) is 24.6 Å². The summed E-state index contributed by atoms with van der Waals surface area (Å²) in [4.78, 5) is 27.0. The highest BCUT2D eigenvalue weighted by Crippen LogP contribution is 2.34. The zero-order valence-electron chi connectivity index (χ0n) is 16.4. The largest absolute Gasteiger partial charge is 0.465 e. The Labute approximate surface area is 180 Å². The normalized spacial score (nSPS) is 19.2. The van der Waals surface area contributed by atoms with Crippen LogP contribution < -0.4 is 0 Å². The fraction of sp³-hybridized carbons (Fsp3) is 0.333. The number of piperidine rings is 1. The second-order valence-corrected chi connectivity index (χ2v) is 7.79. The van der Waals surface area contributed by atoms with E-state index in [4.69, 9.17) is 11.6 Å². The maximum absolute atomic E-state index is 13.6. The Kier molecular flexibility index (Phi) is 6.45. The second-order valence-electron chi connectivity index (χ2n) is 7.35. The van der Waals surface area contributed by atoms with E-state index in [9.17, 15) is 32.3 Å². The van der Waals surface area contributed by atoms with Crippen LogP contribution in [-0.4, -0.2) is 53.1 Å². The van der Waals surface area contributed by atoms with Crippen molar-refractivity contribution in [3.05, 3.63) is 70.0 Å².